The van der Waals surface area contributed by atoms with Gasteiger partial charge in [0.1, 0.15) is 11.5 Å². The fraction of sp³-hybridized carbons (Fsp3) is 0.133. The number of carbonyl (C=O) groups excluding carboxylic acids is 1. The van der Waals surface area contributed by atoms with E-state index in [1.54, 1.807) is 50.6 Å². The number of amides is 2. The molecule has 5 nitrogen and oxygen atoms in total. The summed E-state index contributed by atoms with van der Waals surface area (Å²) >= 11 is 6.72. The molecule has 0 radical (unpaired) electrons. The highest BCUT2D eigenvalue weighted by atomic mass is 79.9. The summed E-state index contributed by atoms with van der Waals surface area (Å²) in [6.07, 6.45) is 0. The van der Waals surface area contributed by atoms with Crippen molar-refractivity contribution in [1.29, 1.82) is 0 Å². The van der Waals surface area contributed by atoms with Gasteiger partial charge in [-0.1, -0.05) is 0 Å². The minimum atomic E-state index is -0.353. The van der Waals surface area contributed by atoms with Gasteiger partial charge in [-0.3, -0.25) is 0 Å². The van der Waals surface area contributed by atoms with Gasteiger partial charge in [0.2, 0.25) is 0 Å². The highest BCUT2D eigenvalue weighted by molar-refractivity contribution is 9.10. The molecule has 0 aromatic heterocycles. The van der Waals surface area contributed by atoms with Gasteiger partial charge in [-0.25, -0.2) is 4.79 Å². The minimum absolute atomic E-state index is 0.353. The number of rotatable bonds is 4. The van der Waals surface area contributed by atoms with Crippen LogP contribution in [0.25, 0.3) is 0 Å². The highest BCUT2D eigenvalue weighted by Gasteiger charge is 2.07. The number of anilines is 2. The maximum absolute atomic E-state index is 12.0. The number of halogens is 2. The molecule has 0 fully saturated rings. The molecule has 0 saturated heterocycles. The molecule has 7 heteroatoms. The molecule has 0 spiro atoms. The van der Waals surface area contributed by atoms with E-state index in [4.69, 9.17) is 9.47 Å². The number of methoxy groups -OCH3 is 2. The van der Waals surface area contributed by atoms with Crippen LogP contribution in [0.15, 0.2) is 45.3 Å². The number of benzene rings is 2. The third-order valence-electron chi connectivity index (χ3n) is 2.82. The van der Waals surface area contributed by atoms with Gasteiger partial charge in [-0.05, 0) is 56.1 Å². The second-order valence-corrected chi connectivity index (χ2v) is 5.99. The molecule has 0 atom stereocenters. The molecule has 2 aromatic carbocycles. The predicted octanol–water partition coefficient (Wildman–Crippen LogP) is 4.87. The molecule has 2 N–H and O–H groups in total. The summed E-state index contributed by atoms with van der Waals surface area (Å²) in [5.74, 6) is 1.28. The molecule has 0 unspecified atom stereocenters. The van der Waals surface area contributed by atoms with Gasteiger partial charge in [0, 0.05) is 23.5 Å². The first-order chi connectivity index (χ1) is 10.5. The molecular formula is C15H14Br2N2O3. The number of ether oxygens (including phenoxy) is 2. The monoisotopic (exact) mass is 428 g/mol. The zero-order valence-corrected chi connectivity index (χ0v) is 15.1. The first-order valence-electron chi connectivity index (χ1n) is 6.28. The topological polar surface area (TPSA) is 59.6 Å². The summed E-state index contributed by atoms with van der Waals surface area (Å²) in [7, 11) is 3.14. The van der Waals surface area contributed by atoms with E-state index in [0.29, 0.717) is 22.9 Å². The first-order valence-corrected chi connectivity index (χ1v) is 7.87. The number of nitrogens with one attached hydrogen (secondary N) is 2. The van der Waals surface area contributed by atoms with E-state index in [1.165, 1.54) is 0 Å². The maximum atomic E-state index is 12.0. The second-order valence-electron chi connectivity index (χ2n) is 4.28. The number of carbonyl (C=O) groups is 1. The fourth-order valence-electron chi connectivity index (χ4n) is 1.77. The Kier molecular flexibility index (Phi) is 5.68. The van der Waals surface area contributed by atoms with Crippen LogP contribution in [0.1, 0.15) is 0 Å². The van der Waals surface area contributed by atoms with Crippen molar-refractivity contribution in [2.24, 2.45) is 0 Å². The lowest BCUT2D eigenvalue weighted by atomic mass is 10.3. The maximum Gasteiger partial charge on any atom is 0.323 e. The van der Waals surface area contributed by atoms with E-state index in [-0.39, 0.29) is 6.03 Å². The third kappa shape index (κ3) is 4.14. The van der Waals surface area contributed by atoms with Crippen molar-refractivity contribution in [2.45, 2.75) is 0 Å². The molecule has 0 aliphatic carbocycles. The van der Waals surface area contributed by atoms with E-state index in [1.807, 2.05) is 0 Å². The van der Waals surface area contributed by atoms with Gasteiger partial charge in [0.15, 0.2) is 0 Å². The van der Waals surface area contributed by atoms with E-state index in [9.17, 15) is 4.79 Å². The van der Waals surface area contributed by atoms with Crippen LogP contribution in [0.2, 0.25) is 0 Å². The lowest BCUT2D eigenvalue weighted by Crippen LogP contribution is -2.19. The van der Waals surface area contributed by atoms with Crippen molar-refractivity contribution >= 4 is 49.3 Å². The average molecular weight is 430 g/mol. The molecule has 2 amide bonds. The Morgan fingerprint density at radius 2 is 1.27 bits per heavy atom. The molecule has 0 aliphatic heterocycles. The Hall–Kier alpha value is -1.73. The number of hydrogen-bond acceptors (Lipinski definition) is 3. The highest BCUT2D eigenvalue weighted by Crippen LogP contribution is 2.29. The smallest absolute Gasteiger partial charge is 0.323 e. The quantitative estimate of drug-likeness (QED) is 0.728. The average Bonchev–Trinajstić information content (AvgIpc) is 2.51. The van der Waals surface area contributed by atoms with E-state index >= 15 is 0 Å². The van der Waals surface area contributed by atoms with Crippen LogP contribution in [-0.2, 0) is 0 Å². The Morgan fingerprint density at radius 1 is 0.864 bits per heavy atom. The van der Waals surface area contributed by atoms with E-state index < -0.39 is 0 Å². The SMILES string of the molecule is COc1cc(NC(=O)Nc2ccc(Br)c(OC)c2)ccc1Br. The third-order valence-corrected chi connectivity index (χ3v) is 4.13. The van der Waals surface area contributed by atoms with Crippen LogP contribution in [0.3, 0.4) is 0 Å². The largest absolute Gasteiger partial charge is 0.495 e. The zero-order chi connectivity index (χ0) is 16.1. The molecule has 22 heavy (non-hydrogen) atoms. The van der Waals surface area contributed by atoms with Crippen LogP contribution in [0.4, 0.5) is 16.2 Å². The van der Waals surface area contributed by atoms with E-state index in [0.717, 1.165) is 8.95 Å². The normalized spacial score (nSPS) is 10.0. The van der Waals surface area contributed by atoms with Crippen LogP contribution >= 0.6 is 31.9 Å². The van der Waals surface area contributed by atoms with Gasteiger partial charge in [0.05, 0.1) is 23.2 Å². The van der Waals surface area contributed by atoms with Crippen molar-refractivity contribution in [3.05, 3.63) is 45.3 Å². The van der Waals surface area contributed by atoms with Crippen LogP contribution < -0.4 is 20.1 Å². The zero-order valence-electron chi connectivity index (χ0n) is 11.9. The molecule has 0 saturated carbocycles. The lowest BCUT2D eigenvalue weighted by Gasteiger charge is -2.11. The van der Waals surface area contributed by atoms with Crippen molar-refractivity contribution in [1.82, 2.24) is 0 Å². The van der Waals surface area contributed by atoms with Crippen LogP contribution in [0, 0.1) is 0 Å². The first kappa shape index (κ1) is 16.6. The summed E-state index contributed by atoms with van der Waals surface area (Å²) in [6.45, 7) is 0. The Bertz CT molecular complexity index is 635. The van der Waals surface area contributed by atoms with Gasteiger partial charge in [0.25, 0.3) is 0 Å². The number of urea groups is 1. The summed E-state index contributed by atoms with van der Waals surface area (Å²) in [6, 6.07) is 10.3. The van der Waals surface area contributed by atoms with E-state index in [2.05, 4.69) is 42.5 Å². The molecule has 0 bridgehead atoms. The Labute approximate surface area is 145 Å². The van der Waals surface area contributed by atoms with Crippen molar-refractivity contribution in [3.63, 3.8) is 0 Å². The van der Waals surface area contributed by atoms with Crippen LogP contribution in [-0.4, -0.2) is 20.3 Å². The lowest BCUT2D eigenvalue weighted by molar-refractivity contribution is 0.262. The molecule has 116 valence electrons. The van der Waals surface area contributed by atoms with Crippen molar-refractivity contribution in [3.8, 4) is 11.5 Å². The fourth-order valence-corrected chi connectivity index (χ4v) is 2.59. The minimum Gasteiger partial charge on any atom is -0.495 e. The summed E-state index contributed by atoms with van der Waals surface area (Å²) in [4.78, 5) is 12.0. The second kappa shape index (κ2) is 7.51. The van der Waals surface area contributed by atoms with Gasteiger partial charge in [-0.2, -0.15) is 0 Å². The molecule has 0 heterocycles. The summed E-state index contributed by atoms with van der Waals surface area (Å²) in [5.41, 5.74) is 1.25. The van der Waals surface area contributed by atoms with Gasteiger partial charge < -0.3 is 20.1 Å². The number of hydrogen-bond donors (Lipinski definition) is 2. The van der Waals surface area contributed by atoms with Gasteiger partial charge in [-0.15, -0.1) is 0 Å². The Morgan fingerprint density at radius 3 is 1.64 bits per heavy atom. The molecule has 2 rings (SSSR count). The Balaban J connectivity index is 2.07. The van der Waals surface area contributed by atoms with Crippen molar-refractivity contribution in [2.75, 3.05) is 24.9 Å². The van der Waals surface area contributed by atoms with Crippen LogP contribution in [0.5, 0.6) is 11.5 Å². The van der Waals surface area contributed by atoms with Gasteiger partial charge >= 0.3 is 6.03 Å². The van der Waals surface area contributed by atoms with Crippen molar-refractivity contribution < 1.29 is 14.3 Å². The predicted molar refractivity (Wildman–Crippen MR) is 94.0 cm³/mol. The molecular weight excluding hydrogens is 416 g/mol. The summed E-state index contributed by atoms with van der Waals surface area (Å²) in [5, 5.41) is 5.48. The molecule has 0 aliphatic rings. The summed E-state index contributed by atoms with van der Waals surface area (Å²) < 4.78 is 12.0. The standard InChI is InChI=1S/C15H14Br2N2O3/c1-21-13-7-9(3-5-11(13)16)18-15(20)19-10-4-6-12(17)14(8-10)22-2/h3-8H,1-2H3,(H2,18,19,20). The molecule has 2 aromatic rings.